The molecule has 0 spiro atoms. The largest absolute Gasteiger partial charge is 0.465 e. The standard InChI is InChI=1S/C16H16F3N3O2/c1-10-4-3-5-11(8-10)9-21-6-7-22-14(21)12(15(23)24-2)13(20-22)16(17,18)19/h3-5,8H,6-7,9H2,1-2H3. The van der Waals surface area contributed by atoms with Crippen molar-refractivity contribution in [2.75, 3.05) is 18.6 Å². The Morgan fingerprint density at radius 1 is 1.33 bits per heavy atom. The van der Waals surface area contributed by atoms with Gasteiger partial charge in [-0.1, -0.05) is 29.8 Å². The molecular weight excluding hydrogens is 323 g/mol. The zero-order chi connectivity index (χ0) is 17.5. The number of nitrogens with zero attached hydrogens (tertiary/aromatic N) is 3. The SMILES string of the molecule is COC(=O)c1c(C(F)(F)F)nn2c1N(Cc1cccc(C)c1)CC2. The van der Waals surface area contributed by atoms with Crippen LogP contribution in [0.2, 0.25) is 0 Å². The quantitative estimate of drug-likeness (QED) is 0.807. The summed E-state index contributed by atoms with van der Waals surface area (Å²) in [7, 11) is 1.06. The Morgan fingerprint density at radius 3 is 2.71 bits per heavy atom. The molecule has 0 amide bonds. The zero-order valence-electron chi connectivity index (χ0n) is 13.2. The molecule has 0 radical (unpaired) electrons. The second kappa shape index (κ2) is 5.85. The van der Waals surface area contributed by atoms with Gasteiger partial charge in [0.2, 0.25) is 0 Å². The number of alkyl halides is 3. The number of halogens is 3. The number of esters is 1. The topological polar surface area (TPSA) is 47.4 Å². The third-order valence-electron chi connectivity index (χ3n) is 3.92. The second-order valence-corrected chi connectivity index (χ2v) is 5.67. The Kier molecular flexibility index (Phi) is 3.98. The highest BCUT2D eigenvalue weighted by atomic mass is 19.4. The lowest BCUT2D eigenvalue weighted by Gasteiger charge is -2.19. The highest BCUT2D eigenvalue weighted by Gasteiger charge is 2.44. The molecule has 1 aliphatic heterocycles. The van der Waals surface area contributed by atoms with Gasteiger partial charge in [-0.05, 0) is 12.5 Å². The minimum atomic E-state index is -4.71. The molecule has 0 atom stereocenters. The minimum absolute atomic E-state index is 0.163. The van der Waals surface area contributed by atoms with Crippen molar-refractivity contribution in [1.29, 1.82) is 0 Å². The molecular formula is C16H16F3N3O2. The fraction of sp³-hybridized carbons (Fsp3) is 0.375. The molecule has 1 aromatic carbocycles. The van der Waals surface area contributed by atoms with E-state index in [9.17, 15) is 18.0 Å². The van der Waals surface area contributed by atoms with E-state index in [-0.39, 0.29) is 5.82 Å². The highest BCUT2D eigenvalue weighted by Crippen LogP contribution is 2.38. The zero-order valence-corrected chi connectivity index (χ0v) is 13.2. The van der Waals surface area contributed by atoms with Crippen LogP contribution in [0.3, 0.4) is 0 Å². The molecule has 8 heteroatoms. The number of anilines is 1. The van der Waals surface area contributed by atoms with Gasteiger partial charge in [-0.15, -0.1) is 0 Å². The number of carbonyl (C=O) groups excluding carboxylic acids is 1. The molecule has 0 saturated carbocycles. The van der Waals surface area contributed by atoms with Crippen molar-refractivity contribution in [3.8, 4) is 0 Å². The van der Waals surface area contributed by atoms with Gasteiger partial charge >= 0.3 is 12.1 Å². The van der Waals surface area contributed by atoms with Crippen molar-refractivity contribution in [3.05, 3.63) is 46.6 Å². The number of aryl methyl sites for hydroxylation is 1. The van der Waals surface area contributed by atoms with Gasteiger partial charge in [0.25, 0.3) is 0 Å². The van der Waals surface area contributed by atoms with Crippen LogP contribution in [0.15, 0.2) is 24.3 Å². The number of benzene rings is 1. The second-order valence-electron chi connectivity index (χ2n) is 5.67. The summed E-state index contributed by atoms with van der Waals surface area (Å²) < 4.78 is 45.4. The summed E-state index contributed by atoms with van der Waals surface area (Å²) in [6.45, 7) is 3.12. The van der Waals surface area contributed by atoms with Gasteiger partial charge in [0, 0.05) is 13.1 Å². The van der Waals surface area contributed by atoms with Crippen LogP contribution >= 0.6 is 0 Å². The number of hydrogen-bond donors (Lipinski definition) is 0. The summed E-state index contributed by atoms with van der Waals surface area (Å²) in [4.78, 5) is 13.7. The van der Waals surface area contributed by atoms with Crippen molar-refractivity contribution < 1.29 is 22.7 Å². The van der Waals surface area contributed by atoms with Crippen LogP contribution in [-0.2, 0) is 24.0 Å². The maximum atomic E-state index is 13.2. The van der Waals surface area contributed by atoms with Crippen LogP contribution in [0.25, 0.3) is 0 Å². The molecule has 5 nitrogen and oxygen atoms in total. The Bertz CT molecular complexity index is 783. The van der Waals surface area contributed by atoms with Crippen molar-refractivity contribution in [2.24, 2.45) is 0 Å². The Balaban J connectivity index is 2.03. The number of aromatic nitrogens is 2. The lowest BCUT2D eigenvalue weighted by molar-refractivity contribution is -0.142. The molecule has 1 aromatic heterocycles. The van der Waals surface area contributed by atoms with Crippen LogP contribution in [0.4, 0.5) is 19.0 Å². The summed E-state index contributed by atoms with van der Waals surface area (Å²) in [5.74, 6) is -0.865. The van der Waals surface area contributed by atoms with Gasteiger partial charge in [0.15, 0.2) is 5.69 Å². The molecule has 0 N–H and O–H groups in total. The first-order chi connectivity index (χ1) is 11.3. The minimum Gasteiger partial charge on any atom is -0.465 e. The van der Waals surface area contributed by atoms with E-state index in [1.54, 1.807) is 4.90 Å². The van der Waals surface area contributed by atoms with Crippen molar-refractivity contribution >= 4 is 11.8 Å². The van der Waals surface area contributed by atoms with E-state index in [1.165, 1.54) is 4.68 Å². The summed E-state index contributed by atoms with van der Waals surface area (Å²) in [6.07, 6.45) is -4.71. The highest BCUT2D eigenvalue weighted by molar-refractivity contribution is 5.96. The average molecular weight is 339 g/mol. The predicted molar refractivity (Wildman–Crippen MR) is 80.8 cm³/mol. The molecule has 0 saturated heterocycles. The summed E-state index contributed by atoms with van der Waals surface area (Å²) in [5, 5.41) is 3.59. The number of methoxy groups -OCH3 is 1. The van der Waals surface area contributed by atoms with Crippen molar-refractivity contribution in [3.63, 3.8) is 0 Å². The lowest BCUT2D eigenvalue weighted by Crippen LogP contribution is -2.23. The normalized spacial score (nSPS) is 14.0. The molecule has 2 heterocycles. The third kappa shape index (κ3) is 2.83. The van der Waals surface area contributed by atoms with Crippen LogP contribution in [0.1, 0.15) is 27.2 Å². The Hall–Kier alpha value is -2.51. The monoisotopic (exact) mass is 339 g/mol. The molecule has 0 aliphatic carbocycles. The summed E-state index contributed by atoms with van der Waals surface area (Å²) >= 11 is 0. The van der Waals surface area contributed by atoms with Crippen LogP contribution in [0.5, 0.6) is 0 Å². The molecule has 3 rings (SSSR count). The number of fused-ring (bicyclic) bond motifs is 1. The Morgan fingerprint density at radius 2 is 2.08 bits per heavy atom. The van der Waals surface area contributed by atoms with Gasteiger partial charge in [-0.25, -0.2) is 9.48 Å². The summed E-state index contributed by atoms with van der Waals surface area (Å²) in [5.41, 5.74) is 0.298. The van der Waals surface area contributed by atoms with Crippen molar-refractivity contribution in [2.45, 2.75) is 26.2 Å². The Labute approximate surface area is 136 Å². The van der Waals surface area contributed by atoms with Crippen molar-refractivity contribution in [1.82, 2.24) is 9.78 Å². The van der Waals surface area contributed by atoms with E-state index < -0.39 is 23.4 Å². The van der Waals surface area contributed by atoms with Gasteiger partial charge in [-0.3, -0.25) is 0 Å². The number of carbonyl (C=O) groups is 1. The first kappa shape index (κ1) is 16.4. The van der Waals surface area contributed by atoms with Gasteiger partial charge in [0.05, 0.1) is 13.7 Å². The van der Waals surface area contributed by atoms with Gasteiger partial charge in [0.1, 0.15) is 11.4 Å². The molecule has 2 aromatic rings. The van der Waals surface area contributed by atoms with Crippen LogP contribution in [-0.4, -0.2) is 29.4 Å². The molecule has 128 valence electrons. The van der Waals surface area contributed by atoms with E-state index in [0.29, 0.717) is 19.6 Å². The lowest BCUT2D eigenvalue weighted by atomic mass is 10.1. The van der Waals surface area contributed by atoms with E-state index in [4.69, 9.17) is 0 Å². The van der Waals surface area contributed by atoms with Gasteiger partial charge in [-0.2, -0.15) is 18.3 Å². The first-order valence-corrected chi connectivity index (χ1v) is 7.38. The van der Waals surface area contributed by atoms with E-state index >= 15 is 0 Å². The molecule has 0 fully saturated rings. The average Bonchev–Trinajstić information content (AvgIpc) is 3.06. The smallest absolute Gasteiger partial charge is 0.436 e. The maximum Gasteiger partial charge on any atom is 0.436 e. The fourth-order valence-corrected chi connectivity index (χ4v) is 2.92. The predicted octanol–water partition coefficient (Wildman–Crippen LogP) is 3.02. The number of rotatable bonds is 3. The van der Waals surface area contributed by atoms with E-state index in [1.807, 2.05) is 31.2 Å². The van der Waals surface area contributed by atoms with E-state index in [2.05, 4.69) is 9.84 Å². The maximum absolute atomic E-state index is 13.2. The summed E-state index contributed by atoms with van der Waals surface area (Å²) in [6, 6.07) is 7.69. The van der Waals surface area contributed by atoms with Crippen LogP contribution in [0, 0.1) is 6.92 Å². The molecule has 1 aliphatic rings. The molecule has 0 unspecified atom stereocenters. The van der Waals surface area contributed by atoms with Crippen LogP contribution < -0.4 is 4.90 Å². The molecule has 24 heavy (non-hydrogen) atoms. The third-order valence-corrected chi connectivity index (χ3v) is 3.92. The van der Waals surface area contributed by atoms with E-state index in [0.717, 1.165) is 18.2 Å². The molecule has 0 bridgehead atoms. The number of hydrogen-bond acceptors (Lipinski definition) is 4. The number of ether oxygens (including phenoxy) is 1. The fourth-order valence-electron chi connectivity index (χ4n) is 2.92. The van der Waals surface area contributed by atoms with Gasteiger partial charge < -0.3 is 9.64 Å². The first-order valence-electron chi connectivity index (χ1n) is 7.38.